The third kappa shape index (κ3) is 2.54. The van der Waals surface area contributed by atoms with Gasteiger partial charge in [-0.15, -0.1) is 0 Å². The quantitative estimate of drug-likeness (QED) is 0.801. The molecule has 0 saturated heterocycles. The van der Waals surface area contributed by atoms with E-state index in [0.717, 1.165) is 11.3 Å². The SMILES string of the molecule is CC(C)N[C@H]1COc2ccccc2[C@H](O)C1. The summed E-state index contributed by atoms with van der Waals surface area (Å²) in [7, 11) is 0. The van der Waals surface area contributed by atoms with Crippen molar-refractivity contribution in [2.75, 3.05) is 6.61 Å². The molecule has 1 heterocycles. The summed E-state index contributed by atoms with van der Waals surface area (Å²) in [5.41, 5.74) is 0.899. The monoisotopic (exact) mass is 221 g/mol. The van der Waals surface area contributed by atoms with Crippen LogP contribution in [0.4, 0.5) is 0 Å². The molecule has 1 aromatic rings. The van der Waals surface area contributed by atoms with Crippen molar-refractivity contribution in [3.8, 4) is 5.75 Å². The number of hydrogen-bond donors (Lipinski definition) is 2. The first-order valence-electron chi connectivity index (χ1n) is 5.82. The maximum Gasteiger partial charge on any atom is 0.125 e. The molecule has 0 bridgehead atoms. The second-order valence-electron chi connectivity index (χ2n) is 4.62. The van der Waals surface area contributed by atoms with Gasteiger partial charge in [0.15, 0.2) is 0 Å². The number of para-hydroxylation sites is 1. The van der Waals surface area contributed by atoms with Gasteiger partial charge in [0.25, 0.3) is 0 Å². The van der Waals surface area contributed by atoms with E-state index in [9.17, 15) is 5.11 Å². The number of fused-ring (bicyclic) bond motifs is 1. The molecule has 1 aliphatic heterocycles. The predicted molar refractivity (Wildman–Crippen MR) is 63.6 cm³/mol. The Balaban J connectivity index is 2.13. The molecule has 2 N–H and O–H groups in total. The molecule has 0 spiro atoms. The highest BCUT2D eigenvalue weighted by atomic mass is 16.5. The van der Waals surface area contributed by atoms with E-state index in [2.05, 4.69) is 19.2 Å². The van der Waals surface area contributed by atoms with Crippen LogP contribution in [0.15, 0.2) is 24.3 Å². The molecule has 1 aromatic carbocycles. The minimum absolute atomic E-state index is 0.211. The molecule has 3 heteroatoms. The number of benzene rings is 1. The van der Waals surface area contributed by atoms with Crippen molar-refractivity contribution < 1.29 is 9.84 Å². The number of aliphatic hydroxyl groups excluding tert-OH is 1. The average Bonchev–Trinajstić information content (AvgIpc) is 2.39. The molecule has 2 rings (SSSR count). The molecule has 0 fully saturated rings. The lowest BCUT2D eigenvalue weighted by molar-refractivity contribution is 0.149. The van der Waals surface area contributed by atoms with Crippen molar-refractivity contribution in [1.82, 2.24) is 5.32 Å². The molecule has 0 saturated carbocycles. The molecular weight excluding hydrogens is 202 g/mol. The van der Waals surface area contributed by atoms with Crippen molar-refractivity contribution in [2.45, 2.75) is 38.5 Å². The lowest BCUT2D eigenvalue weighted by Gasteiger charge is -2.20. The summed E-state index contributed by atoms with van der Waals surface area (Å²) in [6.07, 6.45) is 0.268. The topological polar surface area (TPSA) is 41.5 Å². The fraction of sp³-hybridized carbons (Fsp3) is 0.538. The Hall–Kier alpha value is -1.06. The Kier molecular flexibility index (Phi) is 3.46. The van der Waals surface area contributed by atoms with Crippen molar-refractivity contribution in [2.24, 2.45) is 0 Å². The Morgan fingerprint density at radius 3 is 2.88 bits per heavy atom. The zero-order chi connectivity index (χ0) is 11.5. The molecule has 0 unspecified atom stereocenters. The molecule has 1 aliphatic rings. The van der Waals surface area contributed by atoms with Crippen LogP contribution in [-0.2, 0) is 0 Å². The van der Waals surface area contributed by atoms with E-state index in [1.165, 1.54) is 0 Å². The smallest absolute Gasteiger partial charge is 0.125 e. The normalized spacial score (nSPS) is 24.8. The highest BCUT2D eigenvalue weighted by Gasteiger charge is 2.23. The van der Waals surface area contributed by atoms with Gasteiger partial charge in [-0.25, -0.2) is 0 Å². The Morgan fingerprint density at radius 2 is 2.12 bits per heavy atom. The van der Waals surface area contributed by atoms with E-state index in [1.807, 2.05) is 24.3 Å². The molecule has 16 heavy (non-hydrogen) atoms. The van der Waals surface area contributed by atoms with Crippen molar-refractivity contribution in [3.05, 3.63) is 29.8 Å². The number of hydrogen-bond acceptors (Lipinski definition) is 3. The van der Waals surface area contributed by atoms with Gasteiger partial charge in [0, 0.05) is 17.6 Å². The highest BCUT2D eigenvalue weighted by molar-refractivity contribution is 5.35. The third-order valence-electron chi connectivity index (χ3n) is 2.79. The fourth-order valence-corrected chi connectivity index (χ4v) is 2.13. The average molecular weight is 221 g/mol. The van der Waals surface area contributed by atoms with Gasteiger partial charge in [0.2, 0.25) is 0 Å². The lowest BCUT2D eigenvalue weighted by Crippen LogP contribution is -2.39. The number of nitrogens with one attached hydrogen (secondary N) is 1. The van der Waals surface area contributed by atoms with Gasteiger partial charge in [-0.1, -0.05) is 32.0 Å². The second-order valence-corrected chi connectivity index (χ2v) is 4.62. The van der Waals surface area contributed by atoms with Crippen LogP contribution in [-0.4, -0.2) is 23.8 Å². The first-order chi connectivity index (χ1) is 7.66. The van der Waals surface area contributed by atoms with Crippen molar-refractivity contribution in [1.29, 1.82) is 0 Å². The summed E-state index contributed by atoms with van der Waals surface area (Å²) >= 11 is 0. The summed E-state index contributed by atoms with van der Waals surface area (Å²) in [6, 6.07) is 8.32. The Morgan fingerprint density at radius 1 is 1.38 bits per heavy atom. The second kappa shape index (κ2) is 4.85. The largest absolute Gasteiger partial charge is 0.492 e. The Labute approximate surface area is 96.4 Å². The number of ether oxygens (including phenoxy) is 1. The standard InChI is InChI=1S/C13H19NO2/c1-9(2)14-10-7-12(15)11-5-3-4-6-13(11)16-8-10/h3-6,9-10,12,14-15H,7-8H2,1-2H3/t10-,12-/m1/s1. The van der Waals surface area contributed by atoms with Crippen molar-refractivity contribution >= 4 is 0 Å². The van der Waals surface area contributed by atoms with E-state index in [0.29, 0.717) is 19.1 Å². The molecule has 0 amide bonds. The highest BCUT2D eigenvalue weighted by Crippen LogP contribution is 2.30. The molecule has 88 valence electrons. The summed E-state index contributed by atoms with van der Waals surface area (Å²) in [6.45, 7) is 4.82. The van der Waals surface area contributed by atoms with E-state index < -0.39 is 6.10 Å². The first kappa shape index (κ1) is 11.4. The maximum absolute atomic E-state index is 10.1. The van der Waals surface area contributed by atoms with E-state index in [4.69, 9.17) is 4.74 Å². The number of aliphatic hydroxyl groups is 1. The maximum atomic E-state index is 10.1. The fourth-order valence-electron chi connectivity index (χ4n) is 2.13. The van der Waals surface area contributed by atoms with Crippen LogP contribution in [0.5, 0.6) is 5.75 Å². The third-order valence-corrected chi connectivity index (χ3v) is 2.79. The number of rotatable bonds is 2. The minimum atomic E-state index is -0.435. The van der Waals surface area contributed by atoms with E-state index in [1.54, 1.807) is 0 Å². The predicted octanol–water partition coefficient (Wildman–Crippen LogP) is 1.87. The van der Waals surface area contributed by atoms with E-state index >= 15 is 0 Å². The minimum Gasteiger partial charge on any atom is -0.492 e. The van der Waals surface area contributed by atoms with Gasteiger partial charge in [-0.05, 0) is 12.5 Å². The summed E-state index contributed by atoms with van der Waals surface area (Å²) in [5.74, 6) is 0.808. The van der Waals surface area contributed by atoms with Crippen LogP contribution in [0, 0.1) is 0 Å². The molecular formula is C13H19NO2. The van der Waals surface area contributed by atoms with Crippen LogP contribution in [0.2, 0.25) is 0 Å². The summed E-state index contributed by atoms with van der Waals surface area (Å²) in [5, 5.41) is 13.5. The van der Waals surface area contributed by atoms with E-state index in [-0.39, 0.29) is 6.04 Å². The summed E-state index contributed by atoms with van der Waals surface area (Å²) in [4.78, 5) is 0. The van der Waals surface area contributed by atoms with Gasteiger partial charge < -0.3 is 15.2 Å². The molecule has 0 aliphatic carbocycles. The molecule has 0 radical (unpaired) electrons. The van der Waals surface area contributed by atoms with Crippen LogP contribution in [0.25, 0.3) is 0 Å². The molecule has 0 aromatic heterocycles. The van der Waals surface area contributed by atoms with Gasteiger partial charge in [-0.2, -0.15) is 0 Å². The van der Waals surface area contributed by atoms with Crippen LogP contribution in [0.3, 0.4) is 0 Å². The molecule has 2 atom stereocenters. The molecule has 3 nitrogen and oxygen atoms in total. The van der Waals surface area contributed by atoms with Crippen LogP contribution < -0.4 is 10.1 Å². The Bertz CT molecular complexity index is 352. The lowest BCUT2D eigenvalue weighted by atomic mass is 10.0. The van der Waals surface area contributed by atoms with Gasteiger partial charge >= 0.3 is 0 Å². The first-order valence-corrected chi connectivity index (χ1v) is 5.82. The van der Waals surface area contributed by atoms with Crippen LogP contribution >= 0.6 is 0 Å². The van der Waals surface area contributed by atoms with Crippen molar-refractivity contribution in [3.63, 3.8) is 0 Å². The zero-order valence-corrected chi connectivity index (χ0v) is 9.81. The zero-order valence-electron chi connectivity index (χ0n) is 9.81. The van der Waals surface area contributed by atoms with Crippen LogP contribution in [0.1, 0.15) is 31.9 Å². The van der Waals surface area contributed by atoms with Gasteiger partial charge in [-0.3, -0.25) is 0 Å². The van der Waals surface area contributed by atoms with Gasteiger partial charge in [0.05, 0.1) is 6.10 Å². The van der Waals surface area contributed by atoms with Gasteiger partial charge in [0.1, 0.15) is 12.4 Å². The summed E-state index contributed by atoms with van der Waals surface area (Å²) < 4.78 is 5.71.